The van der Waals surface area contributed by atoms with Crippen molar-refractivity contribution in [2.45, 2.75) is 33.0 Å². The molecule has 0 aliphatic carbocycles. The fourth-order valence-electron chi connectivity index (χ4n) is 3.76. The van der Waals surface area contributed by atoms with Gasteiger partial charge >= 0.3 is 0 Å². The van der Waals surface area contributed by atoms with Gasteiger partial charge in [0.05, 0.1) is 6.54 Å². The average molecular weight is 402 g/mol. The quantitative estimate of drug-likeness (QED) is 0.566. The van der Waals surface area contributed by atoms with E-state index in [2.05, 4.69) is 17.9 Å². The Morgan fingerprint density at radius 3 is 2.63 bits per heavy atom. The number of carbonyl (C=O) groups excluding carboxylic acids is 1. The zero-order chi connectivity index (χ0) is 20.9. The number of rotatable bonds is 7. The van der Waals surface area contributed by atoms with Gasteiger partial charge in [-0.3, -0.25) is 14.5 Å². The van der Waals surface area contributed by atoms with Gasteiger partial charge in [0.1, 0.15) is 12.4 Å². The summed E-state index contributed by atoms with van der Waals surface area (Å²) in [5, 5.41) is 0. The van der Waals surface area contributed by atoms with Gasteiger partial charge in [0.2, 0.25) is 0 Å². The van der Waals surface area contributed by atoms with E-state index in [9.17, 15) is 9.59 Å². The Hall–Kier alpha value is -3.18. The average Bonchev–Trinajstić information content (AvgIpc) is 2.79. The zero-order valence-electron chi connectivity index (χ0n) is 17.2. The van der Waals surface area contributed by atoms with Crippen molar-refractivity contribution in [1.29, 1.82) is 0 Å². The SMILES string of the molecule is CCN1CCc2ccc(C(=O)Cn3ccc(OCc4ccccc4)cc3=O)cc2C1. The number of likely N-dealkylation sites (N-methyl/N-ethyl adjacent to an activating group) is 1. The summed E-state index contributed by atoms with van der Waals surface area (Å²) in [5.74, 6) is 0.437. The summed E-state index contributed by atoms with van der Waals surface area (Å²) in [6.45, 7) is 5.51. The summed E-state index contributed by atoms with van der Waals surface area (Å²) >= 11 is 0. The second-order valence-corrected chi connectivity index (χ2v) is 7.63. The monoisotopic (exact) mass is 402 g/mol. The molecule has 2 heterocycles. The Labute approximate surface area is 176 Å². The van der Waals surface area contributed by atoms with Crippen molar-refractivity contribution in [1.82, 2.24) is 9.47 Å². The Bertz CT molecular complexity index is 1090. The van der Waals surface area contributed by atoms with E-state index in [4.69, 9.17) is 4.74 Å². The van der Waals surface area contributed by atoms with E-state index in [-0.39, 0.29) is 17.9 Å². The third-order valence-electron chi connectivity index (χ3n) is 5.60. The lowest BCUT2D eigenvalue weighted by Crippen LogP contribution is -2.30. The van der Waals surface area contributed by atoms with Crippen LogP contribution >= 0.6 is 0 Å². The molecule has 3 aromatic rings. The lowest BCUT2D eigenvalue weighted by Gasteiger charge is -2.27. The summed E-state index contributed by atoms with van der Waals surface area (Å²) in [6.07, 6.45) is 2.64. The molecule has 0 bridgehead atoms. The smallest absolute Gasteiger partial charge is 0.254 e. The highest BCUT2D eigenvalue weighted by Crippen LogP contribution is 2.21. The minimum atomic E-state index is -0.246. The molecular weight excluding hydrogens is 376 g/mol. The number of aromatic nitrogens is 1. The van der Waals surface area contributed by atoms with E-state index in [0.717, 1.165) is 31.6 Å². The molecule has 5 nitrogen and oxygen atoms in total. The van der Waals surface area contributed by atoms with Crippen LogP contribution in [0.25, 0.3) is 0 Å². The van der Waals surface area contributed by atoms with Crippen LogP contribution in [-0.4, -0.2) is 28.3 Å². The van der Waals surface area contributed by atoms with E-state index in [1.54, 1.807) is 12.3 Å². The van der Waals surface area contributed by atoms with Gasteiger partial charge in [-0.15, -0.1) is 0 Å². The molecule has 0 atom stereocenters. The first-order valence-electron chi connectivity index (χ1n) is 10.4. The molecular formula is C25H26N2O3. The number of Topliss-reactive ketones (excluding diaryl/α,β-unsaturated/α-hetero) is 1. The standard InChI is InChI=1S/C25H26N2O3/c1-2-26-12-10-20-8-9-21(14-22(20)16-26)24(28)17-27-13-11-23(15-25(27)29)30-18-19-6-4-3-5-7-19/h3-9,11,13-15H,2,10,12,16-18H2,1H3. The summed E-state index contributed by atoms with van der Waals surface area (Å²) in [4.78, 5) is 27.6. The van der Waals surface area contributed by atoms with E-state index in [1.807, 2.05) is 42.5 Å². The Balaban J connectivity index is 1.43. The number of ether oxygens (including phenoxy) is 1. The van der Waals surface area contributed by atoms with Crippen molar-refractivity contribution in [2.24, 2.45) is 0 Å². The predicted octanol–water partition coefficient (Wildman–Crippen LogP) is 3.69. The Morgan fingerprint density at radius 1 is 1.03 bits per heavy atom. The lowest BCUT2D eigenvalue weighted by atomic mass is 9.96. The molecule has 0 N–H and O–H groups in total. The van der Waals surface area contributed by atoms with Crippen LogP contribution in [0, 0.1) is 0 Å². The van der Waals surface area contributed by atoms with E-state index in [0.29, 0.717) is 17.9 Å². The van der Waals surface area contributed by atoms with Crippen molar-refractivity contribution >= 4 is 5.78 Å². The molecule has 0 saturated heterocycles. The first-order valence-corrected chi connectivity index (χ1v) is 10.4. The van der Waals surface area contributed by atoms with Crippen LogP contribution in [0.2, 0.25) is 0 Å². The molecule has 0 fully saturated rings. The van der Waals surface area contributed by atoms with Gasteiger partial charge in [-0.1, -0.05) is 49.4 Å². The summed E-state index contributed by atoms with van der Waals surface area (Å²) in [7, 11) is 0. The first kappa shape index (κ1) is 20.1. The number of ketones is 1. The summed E-state index contributed by atoms with van der Waals surface area (Å²) < 4.78 is 7.12. The molecule has 0 amide bonds. The highest BCUT2D eigenvalue weighted by Gasteiger charge is 2.17. The number of benzene rings is 2. The van der Waals surface area contributed by atoms with Gasteiger partial charge in [-0.25, -0.2) is 0 Å². The normalized spacial score (nSPS) is 13.6. The Morgan fingerprint density at radius 2 is 1.87 bits per heavy atom. The third-order valence-corrected chi connectivity index (χ3v) is 5.60. The van der Waals surface area contributed by atoms with E-state index < -0.39 is 0 Å². The zero-order valence-corrected chi connectivity index (χ0v) is 17.2. The van der Waals surface area contributed by atoms with Crippen LogP contribution in [0.1, 0.15) is 34.0 Å². The largest absolute Gasteiger partial charge is 0.489 e. The van der Waals surface area contributed by atoms with Crippen LogP contribution in [0.4, 0.5) is 0 Å². The second-order valence-electron chi connectivity index (χ2n) is 7.63. The highest BCUT2D eigenvalue weighted by atomic mass is 16.5. The van der Waals surface area contributed by atoms with E-state index in [1.165, 1.54) is 21.8 Å². The Kier molecular flexibility index (Phi) is 6.10. The highest BCUT2D eigenvalue weighted by molar-refractivity contribution is 5.96. The number of carbonyl (C=O) groups is 1. The van der Waals surface area contributed by atoms with Crippen LogP contribution < -0.4 is 10.3 Å². The topological polar surface area (TPSA) is 51.5 Å². The molecule has 1 aliphatic heterocycles. The summed E-state index contributed by atoms with van der Waals surface area (Å²) in [6, 6.07) is 18.9. The summed E-state index contributed by atoms with van der Waals surface area (Å²) in [5.41, 5.74) is 3.97. The first-order chi connectivity index (χ1) is 14.6. The minimum absolute atomic E-state index is 0.0219. The van der Waals surface area contributed by atoms with Crippen molar-refractivity contribution in [2.75, 3.05) is 13.1 Å². The number of hydrogen-bond donors (Lipinski definition) is 0. The fourth-order valence-corrected chi connectivity index (χ4v) is 3.76. The number of fused-ring (bicyclic) bond motifs is 1. The molecule has 4 rings (SSSR count). The van der Waals surface area contributed by atoms with Gasteiger partial charge in [0.15, 0.2) is 5.78 Å². The van der Waals surface area contributed by atoms with Crippen molar-refractivity contribution in [3.8, 4) is 5.75 Å². The van der Waals surface area contributed by atoms with Gasteiger partial charge < -0.3 is 9.30 Å². The molecule has 5 heteroatoms. The molecule has 1 aromatic heterocycles. The molecule has 0 unspecified atom stereocenters. The number of nitrogens with zero attached hydrogens (tertiary/aromatic N) is 2. The maximum atomic E-state index is 12.8. The molecule has 154 valence electrons. The second kappa shape index (κ2) is 9.09. The molecule has 30 heavy (non-hydrogen) atoms. The van der Waals surface area contributed by atoms with Gasteiger partial charge in [-0.05, 0) is 41.8 Å². The predicted molar refractivity (Wildman–Crippen MR) is 117 cm³/mol. The lowest BCUT2D eigenvalue weighted by molar-refractivity contribution is 0.0970. The molecule has 0 radical (unpaired) electrons. The van der Waals surface area contributed by atoms with Crippen molar-refractivity contribution in [3.63, 3.8) is 0 Å². The third kappa shape index (κ3) is 4.69. The van der Waals surface area contributed by atoms with Crippen LogP contribution in [0.3, 0.4) is 0 Å². The van der Waals surface area contributed by atoms with Crippen LogP contribution in [-0.2, 0) is 26.1 Å². The van der Waals surface area contributed by atoms with Gasteiger partial charge in [-0.2, -0.15) is 0 Å². The maximum absolute atomic E-state index is 12.8. The minimum Gasteiger partial charge on any atom is -0.489 e. The van der Waals surface area contributed by atoms with Crippen LogP contribution in [0.5, 0.6) is 5.75 Å². The van der Waals surface area contributed by atoms with E-state index >= 15 is 0 Å². The number of pyridine rings is 1. The van der Waals surface area contributed by atoms with Crippen molar-refractivity contribution in [3.05, 3.63) is 99.5 Å². The molecule has 0 saturated carbocycles. The fraction of sp³-hybridized carbons (Fsp3) is 0.280. The molecule has 2 aromatic carbocycles. The van der Waals surface area contributed by atoms with Crippen LogP contribution in [0.15, 0.2) is 71.7 Å². The van der Waals surface area contributed by atoms with Crippen molar-refractivity contribution < 1.29 is 9.53 Å². The maximum Gasteiger partial charge on any atom is 0.254 e. The van der Waals surface area contributed by atoms with Gasteiger partial charge in [0.25, 0.3) is 5.56 Å². The number of hydrogen-bond acceptors (Lipinski definition) is 4. The molecule has 0 spiro atoms. The van der Waals surface area contributed by atoms with Gasteiger partial charge in [0, 0.05) is 30.9 Å². The molecule has 1 aliphatic rings.